The molecule has 17 heavy (non-hydrogen) atoms. The molecule has 0 amide bonds. The number of aliphatic carboxylic acids is 1. The maximum absolute atomic E-state index is 11.4. The highest BCUT2D eigenvalue weighted by molar-refractivity contribution is 5.75. The van der Waals surface area contributed by atoms with E-state index in [4.69, 9.17) is 9.47 Å². The van der Waals surface area contributed by atoms with Gasteiger partial charge in [-0.3, -0.25) is 4.79 Å². The molecule has 5 heteroatoms. The zero-order valence-corrected chi connectivity index (χ0v) is 10.8. The second-order valence-electron chi connectivity index (χ2n) is 4.68. The van der Waals surface area contributed by atoms with Gasteiger partial charge in [-0.25, -0.2) is 0 Å². The van der Waals surface area contributed by atoms with Gasteiger partial charge >= 0.3 is 5.97 Å². The van der Waals surface area contributed by atoms with Gasteiger partial charge in [0.1, 0.15) is 5.41 Å². The number of hydrogen-bond donors (Lipinski definition) is 1. The van der Waals surface area contributed by atoms with Gasteiger partial charge in [-0.05, 0) is 26.8 Å². The van der Waals surface area contributed by atoms with E-state index in [2.05, 4.69) is 0 Å². The first kappa shape index (κ1) is 14.4. The lowest BCUT2D eigenvalue weighted by atomic mass is 9.82. The van der Waals surface area contributed by atoms with Crippen LogP contribution in [0.5, 0.6) is 0 Å². The average Bonchev–Trinajstić information content (AvgIpc) is 2.30. The van der Waals surface area contributed by atoms with E-state index in [1.165, 1.54) is 0 Å². The first-order chi connectivity index (χ1) is 8.10. The van der Waals surface area contributed by atoms with E-state index in [0.717, 1.165) is 13.0 Å². The minimum atomic E-state index is -0.750. The van der Waals surface area contributed by atoms with Crippen LogP contribution >= 0.6 is 0 Å². The summed E-state index contributed by atoms with van der Waals surface area (Å²) in [5.41, 5.74) is -0.737. The van der Waals surface area contributed by atoms with Crippen LogP contribution in [0, 0.1) is 5.41 Å². The molecule has 1 heterocycles. The molecule has 0 spiro atoms. The summed E-state index contributed by atoms with van der Waals surface area (Å²) in [4.78, 5) is 13.4. The molecule has 1 N–H and O–H groups in total. The molecule has 1 atom stereocenters. The Kier molecular flexibility index (Phi) is 5.88. The predicted octanol–water partition coefficient (Wildman–Crippen LogP) is 0.836. The molecule has 1 rings (SSSR count). The average molecular weight is 245 g/mol. The van der Waals surface area contributed by atoms with Crippen molar-refractivity contribution in [3.05, 3.63) is 0 Å². The molecule has 0 aliphatic carbocycles. The van der Waals surface area contributed by atoms with Gasteiger partial charge in [0.2, 0.25) is 0 Å². The smallest absolute Gasteiger partial charge is 0.313 e. The number of nitrogens with zero attached hydrogens (tertiary/aromatic N) is 1. The van der Waals surface area contributed by atoms with Crippen molar-refractivity contribution in [2.24, 2.45) is 5.41 Å². The fraction of sp³-hybridized carbons (Fsp3) is 0.917. The summed E-state index contributed by atoms with van der Waals surface area (Å²) in [5.74, 6) is -0.750. The van der Waals surface area contributed by atoms with Crippen molar-refractivity contribution in [1.82, 2.24) is 4.90 Å². The van der Waals surface area contributed by atoms with Crippen LogP contribution in [0.25, 0.3) is 0 Å². The lowest BCUT2D eigenvalue weighted by molar-refractivity contribution is -0.159. The first-order valence-corrected chi connectivity index (χ1v) is 6.18. The van der Waals surface area contributed by atoms with Gasteiger partial charge in [0, 0.05) is 26.3 Å². The Morgan fingerprint density at radius 3 is 2.88 bits per heavy atom. The summed E-state index contributed by atoms with van der Waals surface area (Å²) in [7, 11) is 1.93. The van der Waals surface area contributed by atoms with Crippen molar-refractivity contribution >= 4 is 5.97 Å². The molecule has 1 saturated heterocycles. The molecule has 0 bridgehead atoms. The Bertz CT molecular complexity index is 239. The number of carboxylic acids is 1. The zero-order chi connectivity index (χ0) is 12.7. The minimum absolute atomic E-state index is 0.321. The van der Waals surface area contributed by atoms with E-state index < -0.39 is 11.4 Å². The lowest BCUT2D eigenvalue weighted by Crippen LogP contribution is -2.48. The predicted molar refractivity (Wildman–Crippen MR) is 64.1 cm³/mol. The SMILES string of the molecule is CCOCCN(C)CC1(C(=O)O)CCCOC1. The Morgan fingerprint density at radius 1 is 1.59 bits per heavy atom. The molecular weight excluding hydrogens is 222 g/mol. The normalized spacial score (nSPS) is 25.1. The summed E-state index contributed by atoms with van der Waals surface area (Å²) in [6, 6.07) is 0. The number of likely N-dealkylation sites (N-methyl/N-ethyl adjacent to an activating group) is 1. The number of carboxylic acid groups (broad SMARTS) is 1. The van der Waals surface area contributed by atoms with E-state index in [1.807, 2.05) is 18.9 Å². The van der Waals surface area contributed by atoms with Crippen LogP contribution in [0.4, 0.5) is 0 Å². The maximum atomic E-state index is 11.4. The number of rotatable bonds is 7. The van der Waals surface area contributed by atoms with Gasteiger partial charge in [-0.1, -0.05) is 0 Å². The molecule has 0 aromatic rings. The van der Waals surface area contributed by atoms with Gasteiger partial charge in [-0.2, -0.15) is 0 Å². The van der Waals surface area contributed by atoms with Crippen LogP contribution in [0.15, 0.2) is 0 Å². The molecule has 5 nitrogen and oxygen atoms in total. The molecule has 0 saturated carbocycles. The number of hydrogen-bond acceptors (Lipinski definition) is 4. The van der Waals surface area contributed by atoms with E-state index in [1.54, 1.807) is 0 Å². The highest BCUT2D eigenvalue weighted by Crippen LogP contribution is 2.29. The van der Waals surface area contributed by atoms with Crippen LogP contribution in [0.3, 0.4) is 0 Å². The van der Waals surface area contributed by atoms with Gasteiger partial charge in [0.05, 0.1) is 13.2 Å². The largest absolute Gasteiger partial charge is 0.481 e. The zero-order valence-electron chi connectivity index (χ0n) is 10.8. The third-order valence-electron chi connectivity index (χ3n) is 3.17. The molecule has 1 aliphatic rings. The highest BCUT2D eigenvalue weighted by Gasteiger charge is 2.41. The summed E-state index contributed by atoms with van der Waals surface area (Å²) < 4.78 is 10.6. The van der Waals surface area contributed by atoms with E-state index in [0.29, 0.717) is 39.4 Å². The molecule has 0 radical (unpaired) electrons. The Balaban J connectivity index is 2.45. The van der Waals surface area contributed by atoms with Crippen molar-refractivity contribution < 1.29 is 19.4 Å². The second-order valence-corrected chi connectivity index (χ2v) is 4.68. The Labute approximate surface area is 103 Å². The second kappa shape index (κ2) is 6.93. The highest BCUT2D eigenvalue weighted by atomic mass is 16.5. The fourth-order valence-corrected chi connectivity index (χ4v) is 2.17. The third kappa shape index (κ3) is 4.26. The monoisotopic (exact) mass is 245 g/mol. The van der Waals surface area contributed by atoms with E-state index in [-0.39, 0.29) is 0 Å². The standard InChI is InChI=1S/C12H23NO4/c1-3-16-8-6-13(2)9-12(11(14)15)5-4-7-17-10-12/h3-10H2,1-2H3,(H,14,15). The van der Waals surface area contributed by atoms with Crippen molar-refractivity contribution in [2.75, 3.05) is 46.6 Å². The van der Waals surface area contributed by atoms with Gasteiger partial charge in [-0.15, -0.1) is 0 Å². The summed E-state index contributed by atoms with van der Waals surface area (Å²) in [5, 5.41) is 9.37. The third-order valence-corrected chi connectivity index (χ3v) is 3.17. The molecule has 0 aromatic carbocycles. The van der Waals surface area contributed by atoms with Crippen LogP contribution in [0.2, 0.25) is 0 Å². The molecule has 100 valence electrons. The van der Waals surface area contributed by atoms with E-state index >= 15 is 0 Å². The van der Waals surface area contributed by atoms with Crippen molar-refractivity contribution in [3.63, 3.8) is 0 Å². The topological polar surface area (TPSA) is 59.0 Å². The minimum Gasteiger partial charge on any atom is -0.481 e. The molecule has 1 unspecified atom stereocenters. The van der Waals surface area contributed by atoms with Crippen molar-refractivity contribution in [2.45, 2.75) is 19.8 Å². The maximum Gasteiger partial charge on any atom is 0.313 e. The van der Waals surface area contributed by atoms with Crippen LogP contribution in [0.1, 0.15) is 19.8 Å². The number of carbonyl (C=O) groups is 1. The molecule has 0 aromatic heterocycles. The molecule has 1 fully saturated rings. The van der Waals surface area contributed by atoms with E-state index in [9.17, 15) is 9.90 Å². The van der Waals surface area contributed by atoms with Gasteiger partial charge < -0.3 is 19.5 Å². The molecule has 1 aliphatic heterocycles. The number of ether oxygens (including phenoxy) is 2. The summed E-state index contributed by atoms with van der Waals surface area (Å²) in [6.45, 7) is 5.57. The Morgan fingerprint density at radius 2 is 2.35 bits per heavy atom. The van der Waals surface area contributed by atoms with Crippen LogP contribution < -0.4 is 0 Å². The van der Waals surface area contributed by atoms with Gasteiger partial charge in [0.15, 0.2) is 0 Å². The van der Waals surface area contributed by atoms with Crippen molar-refractivity contribution in [3.8, 4) is 0 Å². The van der Waals surface area contributed by atoms with Crippen LogP contribution in [-0.2, 0) is 14.3 Å². The molecular formula is C12H23NO4. The van der Waals surface area contributed by atoms with Crippen LogP contribution in [-0.4, -0.2) is 62.5 Å². The Hall–Kier alpha value is -0.650. The summed E-state index contributed by atoms with van der Waals surface area (Å²) in [6.07, 6.45) is 1.52. The lowest BCUT2D eigenvalue weighted by Gasteiger charge is -2.36. The summed E-state index contributed by atoms with van der Waals surface area (Å²) >= 11 is 0. The quantitative estimate of drug-likeness (QED) is 0.673. The fourth-order valence-electron chi connectivity index (χ4n) is 2.17. The van der Waals surface area contributed by atoms with Gasteiger partial charge in [0.25, 0.3) is 0 Å². The first-order valence-electron chi connectivity index (χ1n) is 6.18. The van der Waals surface area contributed by atoms with Crippen molar-refractivity contribution in [1.29, 1.82) is 0 Å².